The lowest BCUT2D eigenvalue weighted by Gasteiger charge is -2.04. The monoisotopic (exact) mass is 408 g/mol. The van der Waals surface area contributed by atoms with Crippen LogP contribution in [0.25, 0.3) is 15.3 Å². The van der Waals surface area contributed by atoms with E-state index < -0.39 is 0 Å². The Hall–Kier alpha value is -3.00. The van der Waals surface area contributed by atoms with Gasteiger partial charge in [-0.25, -0.2) is 9.97 Å². The number of rotatable bonds is 8. The molecule has 3 heterocycles. The molecule has 0 bridgehead atoms. The maximum Gasteiger partial charge on any atom is 0.282 e. The molecule has 0 saturated heterocycles. The molecule has 1 aromatic carbocycles. The first kappa shape index (κ1) is 19.3. The molecule has 2 N–H and O–H groups in total. The van der Waals surface area contributed by atoms with E-state index >= 15 is 0 Å². The zero-order valence-electron chi connectivity index (χ0n) is 16.6. The van der Waals surface area contributed by atoms with Crippen molar-refractivity contribution in [1.82, 2.24) is 24.7 Å². The molecule has 8 heteroatoms. The zero-order valence-corrected chi connectivity index (χ0v) is 17.4. The Morgan fingerprint density at radius 2 is 2.10 bits per heavy atom. The summed E-state index contributed by atoms with van der Waals surface area (Å²) < 4.78 is 2.64. The summed E-state index contributed by atoms with van der Waals surface area (Å²) in [5, 5.41) is 3.96. The number of H-pyrrole nitrogens is 2. The minimum absolute atomic E-state index is 0.0744. The minimum Gasteiger partial charge on any atom is -0.348 e. The molecule has 4 rings (SSSR count). The highest BCUT2D eigenvalue weighted by Gasteiger charge is 2.20. The van der Waals surface area contributed by atoms with Crippen molar-refractivity contribution in [2.24, 2.45) is 4.99 Å². The lowest BCUT2D eigenvalue weighted by Crippen LogP contribution is -2.21. The highest BCUT2D eigenvalue weighted by Crippen LogP contribution is 2.24. The number of benzene rings is 1. The van der Waals surface area contributed by atoms with Crippen LogP contribution in [-0.4, -0.2) is 37.0 Å². The normalized spacial score (nSPS) is 12.1. The molecule has 0 amide bonds. The fraction of sp³-hybridized carbons (Fsp3) is 0.333. The molecule has 4 aromatic rings. The first-order chi connectivity index (χ1) is 14.2. The molecule has 0 spiro atoms. The molecule has 0 unspecified atom stereocenters. The molecule has 0 radical (unpaired) electrons. The quantitative estimate of drug-likeness (QED) is 0.433. The van der Waals surface area contributed by atoms with E-state index in [2.05, 4.69) is 27.0 Å². The number of para-hydroxylation sites is 1. The molecule has 7 nitrogen and oxygen atoms in total. The van der Waals surface area contributed by atoms with E-state index in [1.165, 1.54) is 11.3 Å². The number of nitrogens with zero attached hydrogens (tertiary/aromatic N) is 4. The minimum atomic E-state index is -0.0744. The lowest BCUT2D eigenvalue weighted by molar-refractivity contribution is 0.790. The smallest absolute Gasteiger partial charge is 0.282 e. The molecule has 0 fully saturated rings. The summed E-state index contributed by atoms with van der Waals surface area (Å²) in [6.45, 7) is 4.76. The summed E-state index contributed by atoms with van der Waals surface area (Å²) in [6, 6.07) is 7.92. The average molecular weight is 409 g/mol. The van der Waals surface area contributed by atoms with Crippen LogP contribution < -0.4 is 5.56 Å². The second-order valence-corrected chi connectivity index (χ2v) is 7.84. The second kappa shape index (κ2) is 8.57. The van der Waals surface area contributed by atoms with Crippen LogP contribution in [0.2, 0.25) is 0 Å². The number of aliphatic imine (C=N–C) groups is 1. The van der Waals surface area contributed by atoms with Gasteiger partial charge in [0.15, 0.2) is 0 Å². The first-order valence-corrected chi connectivity index (χ1v) is 10.7. The number of aromatic amines is 2. The standard InChI is InChI=1S/C21H24N6OS/c1-3-7-17-19(15(4-2)23-11-10-14-12-22-13-24-14)20(28)27(26-17)21-25-16-8-5-6-9-18(16)29-21/h5-6,8-9,12-13,26H,3-4,7,10-11H2,1-2H3,(H,22,24). The van der Waals surface area contributed by atoms with Crippen LogP contribution >= 0.6 is 11.3 Å². The van der Waals surface area contributed by atoms with Gasteiger partial charge >= 0.3 is 0 Å². The predicted octanol–water partition coefficient (Wildman–Crippen LogP) is 3.89. The van der Waals surface area contributed by atoms with Crippen molar-refractivity contribution in [2.75, 3.05) is 6.54 Å². The third kappa shape index (κ3) is 3.93. The number of aromatic nitrogens is 5. The predicted molar refractivity (Wildman–Crippen MR) is 118 cm³/mol. The Bertz CT molecular complexity index is 1150. The number of thiazole rings is 1. The van der Waals surface area contributed by atoms with Gasteiger partial charge in [0.1, 0.15) is 0 Å². The third-order valence-electron chi connectivity index (χ3n) is 4.80. The number of hydrogen-bond donors (Lipinski definition) is 2. The Kier molecular flexibility index (Phi) is 5.71. The highest BCUT2D eigenvalue weighted by molar-refractivity contribution is 7.20. The second-order valence-electron chi connectivity index (χ2n) is 6.83. The topological polar surface area (TPSA) is 91.7 Å². The molecular formula is C21H24N6OS. The molecular weight excluding hydrogens is 384 g/mol. The number of fused-ring (bicyclic) bond motifs is 1. The summed E-state index contributed by atoms with van der Waals surface area (Å²) >= 11 is 1.51. The molecule has 0 saturated carbocycles. The summed E-state index contributed by atoms with van der Waals surface area (Å²) in [4.78, 5) is 29.9. The van der Waals surface area contributed by atoms with Crippen molar-refractivity contribution in [3.8, 4) is 5.13 Å². The van der Waals surface area contributed by atoms with Gasteiger partial charge in [0.25, 0.3) is 5.56 Å². The summed E-state index contributed by atoms with van der Waals surface area (Å²) in [6.07, 6.45) is 6.68. The molecule has 0 atom stereocenters. The number of hydrogen-bond acceptors (Lipinski definition) is 5. The van der Waals surface area contributed by atoms with Gasteiger partial charge < -0.3 is 4.98 Å². The van der Waals surface area contributed by atoms with E-state index in [4.69, 9.17) is 4.99 Å². The fourth-order valence-corrected chi connectivity index (χ4v) is 4.33. The van der Waals surface area contributed by atoms with Gasteiger partial charge in [-0.2, -0.15) is 4.68 Å². The van der Waals surface area contributed by atoms with Crippen LogP contribution in [0.1, 0.15) is 43.6 Å². The Morgan fingerprint density at radius 1 is 1.24 bits per heavy atom. The fourth-order valence-electron chi connectivity index (χ4n) is 3.40. The van der Waals surface area contributed by atoms with E-state index in [0.29, 0.717) is 23.7 Å². The van der Waals surface area contributed by atoms with Crippen LogP contribution in [0.4, 0.5) is 0 Å². The van der Waals surface area contributed by atoms with Gasteiger partial charge in [0.05, 0.1) is 22.1 Å². The van der Waals surface area contributed by atoms with Crippen molar-refractivity contribution >= 4 is 27.3 Å². The average Bonchev–Trinajstić information content (AvgIpc) is 3.45. The zero-order chi connectivity index (χ0) is 20.2. The van der Waals surface area contributed by atoms with Crippen LogP contribution in [0.5, 0.6) is 0 Å². The lowest BCUT2D eigenvalue weighted by atomic mass is 10.1. The van der Waals surface area contributed by atoms with Gasteiger partial charge in [-0.15, -0.1) is 0 Å². The molecule has 3 aromatic heterocycles. The van der Waals surface area contributed by atoms with Gasteiger partial charge in [-0.05, 0) is 25.0 Å². The van der Waals surface area contributed by atoms with Gasteiger partial charge in [0.2, 0.25) is 5.13 Å². The van der Waals surface area contributed by atoms with Crippen LogP contribution in [0.15, 0.2) is 46.6 Å². The summed E-state index contributed by atoms with van der Waals surface area (Å²) in [5.41, 5.74) is 4.33. The summed E-state index contributed by atoms with van der Waals surface area (Å²) in [5.74, 6) is 0. The van der Waals surface area contributed by atoms with Crippen molar-refractivity contribution in [2.45, 2.75) is 39.5 Å². The maximum atomic E-state index is 13.3. The van der Waals surface area contributed by atoms with Crippen molar-refractivity contribution in [3.63, 3.8) is 0 Å². The molecule has 0 aliphatic carbocycles. The van der Waals surface area contributed by atoms with Gasteiger partial charge in [-0.1, -0.05) is 43.7 Å². The van der Waals surface area contributed by atoms with Crippen LogP contribution in [0.3, 0.4) is 0 Å². The van der Waals surface area contributed by atoms with Crippen molar-refractivity contribution in [3.05, 3.63) is 64.1 Å². The van der Waals surface area contributed by atoms with E-state index in [1.807, 2.05) is 31.2 Å². The molecule has 0 aliphatic heterocycles. The SMILES string of the molecule is CCCc1[nH]n(-c2nc3ccccc3s2)c(=O)c1C(CC)=NCCc1cnc[nH]1. The van der Waals surface area contributed by atoms with Crippen LogP contribution in [-0.2, 0) is 12.8 Å². The molecule has 0 aliphatic rings. The number of nitrogens with one attached hydrogen (secondary N) is 2. The third-order valence-corrected chi connectivity index (χ3v) is 5.82. The number of imidazole rings is 1. The van der Waals surface area contributed by atoms with Gasteiger partial charge in [0, 0.05) is 36.3 Å². The summed E-state index contributed by atoms with van der Waals surface area (Å²) in [7, 11) is 0. The van der Waals surface area contributed by atoms with Crippen LogP contribution in [0, 0.1) is 0 Å². The molecule has 29 heavy (non-hydrogen) atoms. The van der Waals surface area contributed by atoms with E-state index in [-0.39, 0.29) is 5.56 Å². The molecule has 150 valence electrons. The highest BCUT2D eigenvalue weighted by atomic mass is 32.1. The first-order valence-electron chi connectivity index (χ1n) is 9.92. The maximum absolute atomic E-state index is 13.3. The Balaban J connectivity index is 1.72. The Labute approximate surface area is 172 Å². The van der Waals surface area contributed by atoms with E-state index in [0.717, 1.165) is 46.6 Å². The van der Waals surface area contributed by atoms with Crippen molar-refractivity contribution < 1.29 is 0 Å². The van der Waals surface area contributed by atoms with Gasteiger partial charge in [-0.3, -0.25) is 14.9 Å². The number of aryl methyl sites for hydroxylation is 1. The van der Waals surface area contributed by atoms with E-state index in [9.17, 15) is 4.79 Å². The van der Waals surface area contributed by atoms with E-state index in [1.54, 1.807) is 17.2 Å². The Morgan fingerprint density at radius 3 is 2.83 bits per heavy atom. The van der Waals surface area contributed by atoms with Crippen molar-refractivity contribution in [1.29, 1.82) is 0 Å². The largest absolute Gasteiger partial charge is 0.348 e.